The molecule has 1 aliphatic heterocycles. The molecule has 10 aromatic rings. The Morgan fingerprint density at radius 3 is 1.33 bits per heavy atom. The van der Waals surface area contributed by atoms with Gasteiger partial charge >= 0.3 is 37.9 Å². The van der Waals surface area contributed by atoms with E-state index < -0.39 is 20.8 Å². The topological polar surface area (TPSA) is 0 Å². The Hall–Kier alpha value is -5.34. The van der Waals surface area contributed by atoms with Crippen LogP contribution in [0.2, 0.25) is 0 Å². The molecule has 66 heavy (non-hydrogen) atoms. The summed E-state index contributed by atoms with van der Waals surface area (Å²) in [5.74, 6) is 0.989. The summed E-state index contributed by atoms with van der Waals surface area (Å²) in [5.41, 5.74) is 18.9. The summed E-state index contributed by atoms with van der Waals surface area (Å²) in [6, 6.07) is 75.5. The molecule has 0 spiro atoms. The van der Waals surface area contributed by atoms with Crippen molar-refractivity contribution in [2.75, 3.05) is 0 Å². The predicted octanol–water partition coefficient (Wildman–Crippen LogP) is 17.1. The first kappa shape index (κ1) is 47.2. The average Bonchev–Trinajstić information content (AvgIpc) is 4.09. The van der Waals surface area contributed by atoms with Gasteiger partial charge in [-0.05, 0) is 59.1 Å². The molecule has 1 heterocycles. The van der Waals surface area contributed by atoms with Gasteiger partial charge in [0.25, 0.3) is 0 Å². The van der Waals surface area contributed by atoms with Crippen molar-refractivity contribution in [2.45, 2.75) is 53.4 Å². The zero-order chi connectivity index (χ0) is 46.2. The Morgan fingerprint density at radius 2 is 0.879 bits per heavy atom. The molecule has 0 N–H and O–H groups in total. The van der Waals surface area contributed by atoms with Crippen LogP contribution in [0.25, 0.3) is 77.2 Å². The molecule has 0 aromatic heterocycles. The Bertz CT molecular complexity index is 2980. The molecule has 0 unspecified atom stereocenters. The van der Waals surface area contributed by atoms with Crippen LogP contribution >= 0.6 is 17.0 Å². The fraction of sp³-hybridized carbons (Fsp3) is 0.129. The molecule has 326 valence electrons. The van der Waals surface area contributed by atoms with Crippen LogP contribution < -0.4 is 10.4 Å². The van der Waals surface area contributed by atoms with E-state index in [1.807, 2.05) is 6.07 Å². The van der Waals surface area contributed by atoms with Gasteiger partial charge in [-0.3, -0.25) is 0 Å². The van der Waals surface area contributed by atoms with Gasteiger partial charge in [0.15, 0.2) is 0 Å². The van der Waals surface area contributed by atoms with Crippen molar-refractivity contribution < 1.29 is 20.8 Å². The fourth-order valence-electron chi connectivity index (χ4n) is 9.19. The second-order valence-electron chi connectivity index (χ2n) is 17.4. The average molecular weight is 988 g/mol. The first-order valence-corrected chi connectivity index (χ1v) is 30.0. The summed E-state index contributed by atoms with van der Waals surface area (Å²) in [7, 11) is 10.7. The zero-order valence-corrected chi connectivity index (χ0v) is 43.4. The molecule has 0 saturated heterocycles. The van der Waals surface area contributed by atoms with E-state index in [0.29, 0.717) is 11.8 Å². The van der Waals surface area contributed by atoms with Crippen LogP contribution in [0.5, 0.6) is 0 Å². The number of fused-ring (bicyclic) bond motifs is 5. The minimum Gasteiger partial charge on any atom is -0.184 e. The van der Waals surface area contributed by atoms with E-state index in [1.54, 1.807) is 0 Å². The van der Waals surface area contributed by atoms with Crippen LogP contribution in [0.3, 0.4) is 0 Å². The van der Waals surface area contributed by atoms with Crippen LogP contribution in [0.1, 0.15) is 61.8 Å². The predicted molar refractivity (Wildman–Crippen MR) is 286 cm³/mol. The van der Waals surface area contributed by atoms with Gasteiger partial charge in [-0.2, -0.15) is 29.5 Å². The molecule has 0 amide bonds. The van der Waals surface area contributed by atoms with Crippen LogP contribution in [0.15, 0.2) is 200 Å². The third-order valence-electron chi connectivity index (χ3n) is 12.5. The van der Waals surface area contributed by atoms with E-state index in [2.05, 4.69) is 242 Å². The minimum absolute atomic E-state index is 0.495. The van der Waals surface area contributed by atoms with Gasteiger partial charge in [0.1, 0.15) is 0 Å². The third kappa shape index (κ3) is 10.4. The molecule has 4 heteroatoms. The number of rotatable bonds is 6. The van der Waals surface area contributed by atoms with E-state index in [1.165, 1.54) is 110 Å². The maximum absolute atomic E-state index is 4.93. The standard InChI is InChI=1S/2C25H23.C12H7Si.2ClH.Zr/c2*1-17(2)22-14-13-20-15-21(19-10-5-4-6-11-19)16-24(20)25(22)23-12-8-7-9-18(23)3;1-3-7-11-9(5-1)10-6-2-4-8-12(10)13-11;;;/h2*4-17H,1-3H3;1-7H;2*1H;/q3*-1;;;+2/p-2. The van der Waals surface area contributed by atoms with Gasteiger partial charge in [0, 0.05) is 0 Å². The van der Waals surface area contributed by atoms with Crippen molar-refractivity contribution >= 4 is 58.5 Å². The normalized spacial score (nSPS) is 11.2. The Kier molecular flexibility index (Phi) is 15.7. The van der Waals surface area contributed by atoms with Crippen molar-refractivity contribution in [1.29, 1.82) is 0 Å². The molecule has 0 fully saturated rings. The van der Waals surface area contributed by atoms with Gasteiger partial charge in [0.2, 0.25) is 0 Å². The van der Waals surface area contributed by atoms with Crippen molar-refractivity contribution in [1.82, 2.24) is 0 Å². The van der Waals surface area contributed by atoms with Gasteiger partial charge in [-0.1, -0.05) is 206 Å². The number of hydrogen-bond donors (Lipinski definition) is 0. The van der Waals surface area contributed by atoms with E-state index in [0.717, 1.165) is 9.52 Å². The second kappa shape index (κ2) is 22.0. The molecule has 11 rings (SSSR count). The van der Waals surface area contributed by atoms with Crippen LogP contribution in [0, 0.1) is 19.9 Å². The summed E-state index contributed by atoms with van der Waals surface area (Å²) >= 11 is -0.826. The van der Waals surface area contributed by atoms with Gasteiger partial charge in [0.05, 0.1) is 9.52 Å². The van der Waals surface area contributed by atoms with Crippen LogP contribution in [-0.2, 0) is 20.8 Å². The minimum atomic E-state index is -0.826. The number of aryl methyl sites for hydroxylation is 2. The van der Waals surface area contributed by atoms with Crippen molar-refractivity contribution in [3.8, 4) is 55.6 Å². The monoisotopic (exact) mass is 985 g/mol. The van der Waals surface area contributed by atoms with Gasteiger partial charge in [-0.25, -0.2) is 0 Å². The Morgan fingerprint density at radius 1 is 0.470 bits per heavy atom. The van der Waals surface area contributed by atoms with E-state index in [-0.39, 0.29) is 0 Å². The number of benzene rings is 8. The maximum Gasteiger partial charge on any atom is 0.0920 e. The third-order valence-corrected chi connectivity index (χ3v) is 13.8. The number of hydrogen-bond acceptors (Lipinski definition) is 0. The van der Waals surface area contributed by atoms with E-state index in [4.69, 9.17) is 17.0 Å². The molecular weight excluding hydrogens is 935 g/mol. The summed E-state index contributed by atoms with van der Waals surface area (Å²) in [4.78, 5) is 0. The quantitative estimate of drug-likeness (QED) is 0.115. The van der Waals surface area contributed by atoms with Gasteiger partial charge < -0.3 is 0 Å². The molecular formula is C62H53Cl2SiZr-3. The molecule has 0 bridgehead atoms. The maximum atomic E-state index is 4.93. The van der Waals surface area contributed by atoms with Crippen molar-refractivity contribution in [3.05, 3.63) is 229 Å². The van der Waals surface area contributed by atoms with Crippen molar-refractivity contribution in [3.63, 3.8) is 0 Å². The Balaban J connectivity index is 0.000000136. The smallest absolute Gasteiger partial charge is 0.0920 e. The first-order chi connectivity index (χ1) is 32.2. The molecule has 1 aliphatic rings. The van der Waals surface area contributed by atoms with E-state index in [9.17, 15) is 0 Å². The van der Waals surface area contributed by atoms with Crippen molar-refractivity contribution in [2.24, 2.45) is 0 Å². The van der Waals surface area contributed by atoms with E-state index >= 15 is 0 Å². The SMILES string of the molecule is Cc1ccccc1-c1c(C(C)C)ccc2[cH-]c(-c3ccccc3)cc12.Cc1ccccc1-c1c(C(C)C)ccc2[cH-]c(-c3ccccc3)cc12.[Cl][Zr][Cl].[c-]1cccc2c1[Si]c1ccccc1-2. The zero-order valence-electron chi connectivity index (χ0n) is 38.5. The second-order valence-corrected chi connectivity index (χ2v) is 22.4. The molecule has 0 aliphatic carbocycles. The molecule has 0 saturated carbocycles. The molecule has 0 nitrogen and oxygen atoms in total. The van der Waals surface area contributed by atoms with Crippen LogP contribution in [0.4, 0.5) is 0 Å². The summed E-state index contributed by atoms with van der Waals surface area (Å²) in [6.07, 6.45) is 0. The first-order valence-electron chi connectivity index (χ1n) is 22.7. The molecule has 2 radical (unpaired) electrons. The summed E-state index contributed by atoms with van der Waals surface area (Å²) < 4.78 is 0. The molecule has 10 aromatic carbocycles. The fourth-order valence-corrected chi connectivity index (χ4v) is 10.5. The summed E-state index contributed by atoms with van der Waals surface area (Å²) in [5, 5.41) is 8.19. The largest absolute Gasteiger partial charge is 0.184 e. The number of halogens is 2. The van der Waals surface area contributed by atoms with Gasteiger partial charge in [-0.15, -0.1) is 74.6 Å². The molecule has 0 atom stereocenters. The van der Waals surface area contributed by atoms with Crippen LogP contribution in [-0.4, -0.2) is 9.52 Å². The Labute approximate surface area is 413 Å². The summed E-state index contributed by atoms with van der Waals surface area (Å²) in [6.45, 7) is 13.5.